The van der Waals surface area contributed by atoms with Crippen molar-refractivity contribution in [3.05, 3.63) is 48.5 Å². The van der Waals surface area contributed by atoms with Crippen molar-refractivity contribution in [2.75, 3.05) is 60.2 Å². The van der Waals surface area contributed by atoms with E-state index in [1.165, 1.54) is 45.3 Å². The lowest BCUT2D eigenvalue weighted by Gasteiger charge is -2.54. The van der Waals surface area contributed by atoms with Crippen LogP contribution in [0.15, 0.2) is 48.5 Å². The van der Waals surface area contributed by atoms with E-state index in [1.807, 2.05) is 17.0 Å². The summed E-state index contributed by atoms with van der Waals surface area (Å²) in [5.74, 6) is 2.78. The molecule has 236 valence electrons. The smallest absolute Gasteiger partial charge is 0.322 e. The number of para-hydroxylation sites is 2. The van der Waals surface area contributed by atoms with E-state index < -0.39 is 10.0 Å². The lowest BCUT2D eigenvalue weighted by molar-refractivity contribution is -0.115. The molecule has 2 aromatic rings. The number of fused-ring (bicyclic) bond motifs is 1. The molecule has 2 aliphatic heterocycles. The fourth-order valence-corrected chi connectivity index (χ4v) is 9.17. The number of nitrogens with two attached hydrogens (primary N) is 1. The first-order valence-corrected chi connectivity index (χ1v) is 17.4. The zero-order valence-corrected chi connectivity index (χ0v) is 26.0. The van der Waals surface area contributed by atoms with Crippen LogP contribution in [0.25, 0.3) is 0 Å². The van der Waals surface area contributed by atoms with Crippen LogP contribution < -0.4 is 25.8 Å². The van der Waals surface area contributed by atoms with Crippen LogP contribution in [-0.4, -0.2) is 76.2 Å². The third-order valence-electron chi connectivity index (χ3n) is 10.0. The van der Waals surface area contributed by atoms with E-state index in [4.69, 9.17) is 0 Å². The molecule has 0 spiro atoms. The van der Waals surface area contributed by atoms with Gasteiger partial charge in [0.1, 0.15) is 0 Å². The Morgan fingerprint density at radius 2 is 1.33 bits per heavy atom. The SMILES string of the molecule is CC(N)=O.CS(=O)(=O)N1CCN(c2ccc(N3CCN(C(=O)NC4C5CC6CC(C5)CC4C6)c4ccccc43)cc2)CC1.[HH].[HH]. The molecule has 0 unspecified atom stereocenters. The summed E-state index contributed by atoms with van der Waals surface area (Å²) in [6.45, 7) is 5.09. The van der Waals surface area contributed by atoms with Crippen LogP contribution in [0.4, 0.5) is 27.5 Å². The van der Waals surface area contributed by atoms with Gasteiger partial charge in [-0.1, -0.05) is 12.1 Å². The minimum absolute atomic E-state index is 0. The number of sulfonamides is 1. The predicted octanol–water partition coefficient (Wildman–Crippen LogP) is 4.24. The molecule has 0 aromatic heterocycles. The normalized spacial score (nSPS) is 28.1. The third kappa shape index (κ3) is 6.33. The minimum Gasteiger partial charge on any atom is -0.370 e. The highest BCUT2D eigenvalue weighted by Crippen LogP contribution is 2.53. The molecule has 2 heterocycles. The Kier molecular flexibility index (Phi) is 8.30. The van der Waals surface area contributed by atoms with Gasteiger partial charge >= 0.3 is 6.03 Å². The average molecular weight is 613 g/mol. The van der Waals surface area contributed by atoms with Crippen molar-refractivity contribution >= 4 is 44.7 Å². The molecule has 4 aliphatic carbocycles. The molecule has 1 saturated heterocycles. The number of benzene rings is 2. The fraction of sp³-hybridized carbons (Fsp3) is 0.562. The number of primary amides is 1. The number of hydrogen-bond donors (Lipinski definition) is 2. The van der Waals surface area contributed by atoms with Gasteiger partial charge in [-0.2, -0.15) is 4.31 Å². The van der Waals surface area contributed by atoms with Gasteiger partial charge < -0.3 is 20.9 Å². The molecule has 43 heavy (non-hydrogen) atoms. The van der Waals surface area contributed by atoms with E-state index in [-0.39, 0.29) is 14.8 Å². The van der Waals surface area contributed by atoms with Crippen molar-refractivity contribution < 1.29 is 20.9 Å². The second-order valence-electron chi connectivity index (χ2n) is 13.0. The van der Waals surface area contributed by atoms with Gasteiger partial charge in [-0.3, -0.25) is 9.69 Å². The van der Waals surface area contributed by atoms with Gasteiger partial charge in [0, 0.05) is 66.5 Å². The molecule has 3 amide bonds. The van der Waals surface area contributed by atoms with Gasteiger partial charge in [0.2, 0.25) is 15.9 Å². The summed E-state index contributed by atoms with van der Waals surface area (Å²) in [4.78, 5) is 29.4. The molecule has 0 radical (unpaired) electrons. The number of anilines is 4. The zero-order valence-electron chi connectivity index (χ0n) is 25.2. The quantitative estimate of drug-likeness (QED) is 0.533. The topological polar surface area (TPSA) is 119 Å². The monoisotopic (exact) mass is 612 g/mol. The van der Waals surface area contributed by atoms with Gasteiger partial charge in [0.05, 0.1) is 17.6 Å². The number of carbonyl (C=O) groups excluding carboxylic acids is 2. The number of carbonyl (C=O) groups is 2. The summed E-state index contributed by atoms with van der Waals surface area (Å²) in [5, 5.41) is 3.51. The Bertz CT molecular complexity index is 1420. The van der Waals surface area contributed by atoms with Crippen LogP contribution in [0, 0.1) is 23.7 Å². The standard InChI is InChI=1S/C30H39N5O3S.C2H5NO.2H2/c1-39(37,38)33-12-10-32(11-13-33)25-6-8-26(9-7-25)34-14-15-35(28-5-3-2-4-27(28)34)30(36)31-29-23-17-21-16-22(19-23)20-24(29)18-21;1-2(3)4;;/h2-9,21-24,29H,10-20H2,1H3,(H,31,36);1H3,(H2,3,4);2*1H. The van der Waals surface area contributed by atoms with Crippen LogP contribution in [-0.2, 0) is 14.8 Å². The number of urea groups is 1. The second-order valence-corrected chi connectivity index (χ2v) is 15.0. The van der Waals surface area contributed by atoms with E-state index in [0.29, 0.717) is 50.6 Å². The highest BCUT2D eigenvalue weighted by atomic mass is 32.2. The summed E-state index contributed by atoms with van der Waals surface area (Å²) >= 11 is 0. The lowest BCUT2D eigenvalue weighted by atomic mass is 9.54. The Morgan fingerprint density at radius 3 is 1.88 bits per heavy atom. The molecule has 6 aliphatic rings. The Labute approximate surface area is 258 Å². The van der Waals surface area contributed by atoms with Crippen LogP contribution >= 0.6 is 0 Å². The maximum Gasteiger partial charge on any atom is 0.322 e. The fourth-order valence-electron chi connectivity index (χ4n) is 8.34. The highest BCUT2D eigenvalue weighted by Gasteiger charge is 2.49. The minimum atomic E-state index is -3.14. The highest BCUT2D eigenvalue weighted by molar-refractivity contribution is 7.88. The molecule has 2 aromatic carbocycles. The molecule has 4 bridgehead atoms. The van der Waals surface area contributed by atoms with Crippen molar-refractivity contribution in [3.8, 4) is 0 Å². The number of nitrogens with zero attached hydrogens (tertiary/aromatic N) is 4. The van der Waals surface area contributed by atoms with Crippen molar-refractivity contribution in [2.45, 2.75) is 45.1 Å². The maximum absolute atomic E-state index is 13.7. The number of hydrogen-bond acceptors (Lipinski definition) is 6. The third-order valence-corrected chi connectivity index (χ3v) is 11.3. The van der Waals surface area contributed by atoms with E-state index in [9.17, 15) is 18.0 Å². The van der Waals surface area contributed by atoms with Crippen molar-refractivity contribution in [1.82, 2.24) is 9.62 Å². The largest absolute Gasteiger partial charge is 0.370 e. The summed E-state index contributed by atoms with van der Waals surface area (Å²) in [6, 6.07) is 17.2. The number of nitrogens with one attached hydrogen (secondary N) is 1. The van der Waals surface area contributed by atoms with E-state index in [1.54, 1.807) is 4.31 Å². The molecule has 8 rings (SSSR count). The average Bonchev–Trinajstić information content (AvgIpc) is 2.97. The number of amides is 3. The molecule has 10 nitrogen and oxygen atoms in total. The van der Waals surface area contributed by atoms with Gasteiger partial charge in [-0.05, 0) is 92.2 Å². The Balaban J connectivity index is 0.000000727. The molecule has 4 saturated carbocycles. The Hall–Kier alpha value is -3.31. The second kappa shape index (κ2) is 12.0. The summed E-state index contributed by atoms with van der Waals surface area (Å²) in [7, 11) is -3.14. The van der Waals surface area contributed by atoms with Gasteiger partial charge in [-0.15, -0.1) is 0 Å². The first-order valence-electron chi connectivity index (χ1n) is 15.6. The zero-order chi connectivity index (χ0) is 30.3. The van der Waals surface area contributed by atoms with Crippen LogP contribution in [0.3, 0.4) is 0 Å². The summed E-state index contributed by atoms with van der Waals surface area (Å²) < 4.78 is 25.2. The van der Waals surface area contributed by atoms with Crippen LogP contribution in [0.1, 0.15) is 41.9 Å². The van der Waals surface area contributed by atoms with Crippen molar-refractivity contribution in [2.24, 2.45) is 29.4 Å². The van der Waals surface area contributed by atoms with Gasteiger partial charge in [0.25, 0.3) is 0 Å². The molecule has 0 atom stereocenters. The first-order chi connectivity index (χ1) is 20.6. The summed E-state index contributed by atoms with van der Waals surface area (Å²) in [5.41, 5.74) is 8.69. The molecular weight excluding hydrogens is 564 g/mol. The maximum atomic E-state index is 13.7. The number of rotatable bonds is 4. The molecular formula is C32H48N6O4S. The lowest BCUT2D eigenvalue weighted by Crippen LogP contribution is -2.59. The van der Waals surface area contributed by atoms with E-state index in [0.717, 1.165) is 41.1 Å². The van der Waals surface area contributed by atoms with Crippen LogP contribution in [0.2, 0.25) is 0 Å². The molecule has 5 fully saturated rings. The van der Waals surface area contributed by atoms with Crippen molar-refractivity contribution in [1.29, 1.82) is 0 Å². The van der Waals surface area contributed by atoms with Crippen molar-refractivity contribution in [3.63, 3.8) is 0 Å². The predicted molar refractivity (Wildman–Crippen MR) is 174 cm³/mol. The first kappa shape index (κ1) is 29.7. The van der Waals surface area contributed by atoms with Gasteiger partial charge in [-0.25, -0.2) is 13.2 Å². The number of piperazine rings is 1. The Morgan fingerprint density at radius 1 is 0.791 bits per heavy atom. The van der Waals surface area contributed by atoms with E-state index in [2.05, 4.69) is 57.2 Å². The molecule has 11 heteroatoms. The van der Waals surface area contributed by atoms with Crippen LogP contribution in [0.5, 0.6) is 0 Å². The summed E-state index contributed by atoms with van der Waals surface area (Å²) in [6.07, 6.45) is 7.89. The van der Waals surface area contributed by atoms with E-state index >= 15 is 0 Å². The van der Waals surface area contributed by atoms with Gasteiger partial charge in [0.15, 0.2) is 0 Å². The molecule has 3 N–H and O–H groups in total.